The number of nitrogen functional groups attached to an aromatic ring is 1. The molecule has 0 aliphatic carbocycles. The summed E-state index contributed by atoms with van der Waals surface area (Å²) < 4.78 is 27.5. The van der Waals surface area contributed by atoms with E-state index in [-0.39, 0.29) is 33.1 Å². The molecule has 0 aliphatic heterocycles. The van der Waals surface area contributed by atoms with Crippen molar-refractivity contribution < 1.29 is 13.2 Å². The van der Waals surface area contributed by atoms with Gasteiger partial charge in [-0.3, -0.25) is 4.79 Å². The summed E-state index contributed by atoms with van der Waals surface area (Å²) in [5.41, 5.74) is 8.91. The van der Waals surface area contributed by atoms with Crippen LogP contribution >= 0.6 is 11.8 Å². The monoisotopic (exact) mass is 444 g/mol. The van der Waals surface area contributed by atoms with Gasteiger partial charge in [-0.15, -0.1) is 11.8 Å². The third-order valence-electron chi connectivity index (χ3n) is 4.65. The van der Waals surface area contributed by atoms with Crippen LogP contribution in [0.1, 0.15) is 18.1 Å². The quantitative estimate of drug-likeness (QED) is 0.540. The second-order valence-corrected chi connectivity index (χ2v) is 9.48. The van der Waals surface area contributed by atoms with Crippen LogP contribution in [0.5, 0.6) is 0 Å². The van der Waals surface area contributed by atoms with Crippen molar-refractivity contribution >= 4 is 39.0 Å². The number of hydrogen-bond acceptors (Lipinski definition) is 6. The molecular weight excluding hydrogens is 420 g/mol. The van der Waals surface area contributed by atoms with Crippen LogP contribution in [0, 0.1) is 6.92 Å². The van der Waals surface area contributed by atoms with Crippen LogP contribution in [0.15, 0.2) is 63.3 Å². The van der Waals surface area contributed by atoms with Gasteiger partial charge in [0.1, 0.15) is 22.3 Å². The van der Waals surface area contributed by atoms with Crippen molar-refractivity contribution in [3.8, 4) is 0 Å². The minimum atomic E-state index is -3.87. The molecule has 0 unspecified atom stereocenters. The third-order valence-corrected chi connectivity index (χ3v) is 7.28. The lowest BCUT2D eigenvalue weighted by Crippen LogP contribution is -2.21. The van der Waals surface area contributed by atoms with E-state index in [0.29, 0.717) is 5.69 Å². The Morgan fingerprint density at radius 3 is 2.33 bits per heavy atom. The van der Waals surface area contributed by atoms with Crippen LogP contribution in [0.3, 0.4) is 0 Å². The van der Waals surface area contributed by atoms with Crippen molar-refractivity contribution in [1.82, 2.24) is 9.78 Å². The van der Waals surface area contributed by atoms with Gasteiger partial charge in [0.25, 0.3) is 0 Å². The van der Waals surface area contributed by atoms with Gasteiger partial charge in [-0.05, 0) is 49.4 Å². The molecule has 0 saturated carbocycles. The van der Waals surface area contributed by atoms with E-state index in [1.54, 1.807) is 18.4 Å². The first-order valence-corrected chi connectivity index (χ1v) is 12.1. The molecule has 0 radical (unpaired) electrons. The van der Waals surface area contributed by atoms with E-state index in [1.807, 2.05) is 31.2 Å². The summed E-state index contributed by atoms with van der Waals surface area (Å²) in [5, 5.41) is 7.30. The number of rotatable bonds is 7. The van der Waals surface area contributed by atoms with Crippen molar-refractivity contribution in [1.29, 1.82) is 0 Å². The average molecular weight is 445 g/mol. The molecule has 1 aromatic heterocycles. The van der Waals surface area contributed by atoms with Gasteiger partial charge in [0.05, 0.1) is 4.90 Å². The van der Waals surface area contributed by atoms with E-state index in [0.717, 1.165) is 12.0 Å². The molecule has 9 heteroatoms. The minimum absolute atomic E-state index is 0.0589. The van der Waals surface area contributed by atoms with E-state index in [4.69, 9.17) is 5.73 Å². The number of carbonyl (C=O) groups excluding carboxylic acids is 1. The van der Waals surface area contributed by atoms with E-state index in [1.165, 1.54) is 34.1 Å². The second-order valence-electron chi connectivity index (χ2n) is 6.80. The van der Waals surface area contributed by atoms with Gasteiger partial charge in [0, 0.05) is 5.69 Å². The van der Waals surface area contributed by atoms with Crippen LogP contribution in [0.25, 0.3) is 0 Å². The number of hydrogen-bond donors (Lipinski definition) is 2. The van der Waals surface area contributed by atoms with Gasteiger partial charge in [-0.2, -0.15) is 5.10 Å². The van der Waals surface area contributed by atoms with Crippen molar-refractivity contribution in [2.45, 2.75) is 41.6 Å². The van der Waals surface area contributed by atoms with Crippen LogP contribution in [0.4, 0.5) is 11.5 Å². The zero-order valence-electron chi connectivity index (χ0n) is 17.0. The fraction of sp³-hybridized carbons (Fsp3) is 0.238. The van der Waals surface area contributed by atoms with E-state index in [2.05, 4.69) is 17.3 Å². The fourth-order valence-electron chi connectivity index (χ4n) is 2.94. The van der Waals surface area contributed by atoms with Gasteiger partial charge >= 0.3 is 0 Å². The Labute approximate surface area is 180 Å². The number of carbonyl (C=O) groups is 1. The van der Waals surface area contributed by atoms with Crippen molar-refractivity contribution in [2.75, 3.05) is 17.3 Å². The van der Waals surface area contributed by atoms with Gasteiger partial charge in [0.15, 0.2) is 0 Å². The predicted octanol–water partition coefficient (Wildman–Crippen LogP) is 3.53. The number of nitrogens with two attached hydrogens (primary N) is 1. The number of thioether (sulfide) groups is 1. The summed E-state index contributed by atoms with van der Waals surface area (Å²) in [6.07, 6.45) is 2.63. The first-order valence-electron chi connectivity index (χ1n) is 9.37. The number of sulfone groups is 1. The molecular formula is C21H24N4O3S2. The first kappa shape index (κ1) is 21.9. The molecule has 158 valence electrons. The Morgan fingerprint density at radius 2 is 1.77 bits per heavy atom. The Morgan fingerprint density at radius 1 is 1.13 bits per heavy atom. The normalized spacial score (nSPS) is 11.4. The number of benzene rings is 2. The molecule has 0 fully saturated rings. The second kappa shape index (κ2) is 8.93. The summed E-state index contributed by atoms with van der Waals surface area (Å²) in [4.78, 5) is 12.5. The highest BCUT2D eigenvalue weighted by molar-refractivity contribution is 7.99. The molecule has 30 heavy (non-hydrogen) atoms. The van der Waals surface area contributed by atoms with E-state index < -0.39 is 9.84 Å². The Hall–Kier alpha value is -2.78. The lowest BCUT2D eigenvalue weighted by molar-refractivity contribution is -0.116. The predicted molar refractivity (Wildman–Crippen MR) is 120 cm³/mol. The number of aryl methyl sites for hydroxylation is 2. The Bertz CT molecular complexity index is 1150. The first-order chi connectivity index (χ1) is 14.3. The van der Waals surface area contributed by atoms with Crippen LogP contribution in [0.2, 0.25) is 0 Å². The topological polar surface area (TPSA) is 107 Å². The van der Waals surface area contributed by atoms with Crippen LogP contribution in [-0.2, 0) is 27.6 Å². The maximum atomic E-state index is 13.1. The van der Waals surface area contributed by atoms with Gasteiger partial charge in [-0.25, -0.2) is 13.1 Å². The summed E-state index contributed by atoms with van der Waals surface area (Å²) in [7, 11) is -3.87. The molecule has 3 aromatic rings. The molecule has 7 nitrogen and oxygen atoms in total. The number of anilines is 2. The van der Waals surface area contributed by atoms with E-state index in [9.17, 15) is 13.2 Å². The largest absolute Gasteiger partial charge is 0.383 e. The number of amides is 1. The smallest absolute Gasteiger partial charge is 0.246 e. The molecule has 0 aliphatic rings. The Balaban J connectivity index is 1.87. The third kappa shape index (κ3) is 4.52. The highest BCUT2D eigenvalue weighted by Gasteiger charge is 2.29. The molecule has 0 bridgehead atoms. The maximum Gasteiger partial charge on any atom is 0.246 e. The van der Waals surface area contributed by atoms with Crippen LogP contribution < -0.4 is 11.1 Å². The van der Waals surface area contributed by atoms with Crippen molar-refractivity contribution in [3.05, 3.63) is 59.7 Å². The molecule has 1 heterocycles. The standard InChI is InChI=1S/C21H24N4O3S2/c1-4-15-7-9-16(10-8-15)23-18(26)13-25-20(22)19(21(24-25)29-3)30(27,28)17-11-5-14(2)6-12-17/h5-12H,4,13,22H2,1-3H3,(H,23,26). The van der Waals surface area contributed by atoms with Crippen molar-refractivity contribution in [2.24, 2.45) is 0 Å². The summed E-state index contributed by atoms with van der Waals surface area (Å²) in [6, 6.07) is 14.1. The summed E-state index contributed by atoms with van der Waals surface area (Å²) in [5.74, 6) is -0.406. The zero-order chi connectivity index (χ0) is 21.9. The van der Waals surface area contributed by atoms with Crippen molar-refractivity contribution in [3.63, 3.8) is 0 Å². The minimum Gasteiger partial charge on any atom is -0.383 e. The number of nitrogens with one attached hydrogen (secondary N) is 1. The lowest BCUT2D eigenvalue weighted by Gasteiger charge is -2.08. The summed E-state index contributed by atoms with van der Waals surface area (Å²) in [6.45, 7) is 3.74. The average Bonchev–Trinajstić information content (AvgIpc) is 3.04. The maximum absolute atomic E-state index is 13.1. The molecule has 3 rings (SSSR count). The lowest BCUT2D eigenvalue weighted by atomic mass is 10.1. The Kier molecular flexibility index (Phi) is 6.52. The molecule has 0 atom stereocenters. The molecule has 2 aromatic carbocycles. The molecule has 3 N–H and O–H groups in total. The molecule has 0 spiro atoms. The van der Waals surface area contributed by atoms with Gasteiger partial charge < -0.3 is 11.1 Å². The number of aromatic nitrogens is 2. The van der Waals surface area contributed by atoms with Crippen LogP contribution in [-0.4, -0.2) is 30.4 Å². The molecule has 1 amide bonds. The highest BCUT2D eigenvalue weighted by atomic mass is 32.2. The zero-order valence-corrected chi connectivity index (χ0v) is 18.7. The SMILES string of the molecule is CCc1ccc(NC(=O)Cn2nc(SC)c(S(=O)(=O)c3ccc(C)cc3)c2N)cc1. The van der Waals surface area contributed by atoms with Gasteiger partial charge in [-0.1, -0.05) is 36.8 Å². The number of nitrogens with zero attached hydrogens (tertiary/aromatic N) is 2. The van der Waals surface area contributed by atoms with E-state index >= 15 is 0 Å². The van der Waals surface area contributed by atoms with Gasteiger partial charge in [0.2, 0.25) is 15.7 Å². The highest BCUT2D eigenvalue weighted by Crippen LogP contribution is 2.34. The molecule has 0 saturated heterocycles. The fourth-order valence-corrected chi connectivity index (χ4v) is 5.37. The summed E-state index contributed by atoms with van der Waals surface area (Å²) >= 11 is 1.17.